The van der Waals surface area contributed by atoms with E-state index in [1.807, 2.05) is 0 Å². The highest BCUT2D eigenvalue weighted by Crippen LogP contribution is 2.28. The second-order valence-electron chi connectivity index (χ2n) is 4.69. The third kappa shape index (κ3) is 4.89. The molecule has 2 unspecified atom stereocenters. The van der Waals surface area contributed by atoms with Crippen molar-refractivity contribution in [2.24, 2.45) is 0 Å². The molecule has 5 atom stereocenters. The number of aliphatic hydroxyl groups excluding tert-OH is 1. The van der Waals surface area contributed by atoms with Crippen LogP contribution >= 0.6 is 0 Å². The Balaban J connectivity index is 3.21. The Morgan fingerprint density at radius 3 is 1.70 bits per heavy atom. The number of hydrogen-bond donors (Lipinski definition) is 1. The van der Waals surface area contributed by atoms with Gasteiger partial charge in [0.05, 0.1) is 7.11 Å². The molecule has 1 heterocycles. The van der Waals surface area contributed by atoms with Crippen LogP contribution in [-0.2, 0) is 42.9 Å². The van der Waals surface area contributed by atoms with Gasteiger partial charge < -0.3 is 28.8 Å². The fraction of sp³-hybridized carbons (Fsp3) is 0.692. The Morgan fingerprint density at radius 1 is 0.826 bits per heavy atom. The largest absolute Gasteiger partial charge is 0.467 e. The summed E-state index contributed by atoms with van der Waals surface area (Å²) in [7, 11) is 1.06. The molecular formula is C13H18O10. The molecule has 1 N–H and O–H groups in total. The molecule has 10 nitrogen and oxygen atoms in total. The molecule has 1 fully saturated rings. The Kier molecular flexibility index (Phi) is 6.46. The molecule has 0 aromatic rings. The third-order valence-corrected chi connectivity index (χ3v) is 2.85. The normalized spacial score (nSPS) is 30.0. The number of carbonyl (C=O) groups is 4. The van der Waals surface area contributed by atoms with Crippen LogP contribution in [0, 0.1) is 0 Å². The third-order valence-electron chi connectivity index (χ3n) is 2.85. The molecule has 0 amide bonds. The molecule has 130 valence electrons. The monoisotopic (exact) mass is 334 g/mol. The highest BCUT2D eigenvalue weighted by atomic mass is 16.7. The SMILES string of the molecule is COC(=O)C1OC(O)[C@H](OC(C)=O)[C@@H](OC(C)=O)[C@@H]1OC(C)=O. The Bertz CT molecular complexity index is 487. The van der Waals surface area contributed by atoms with Gasteiger partial charge in [0.2, 0.25) is 0 Å². The highest BCUT2D eigenvalue weighted by Gasteiger charge is 2.54. The van der Waals surface area contributed by atoms with Crippen LogP contribution in [0.5, 0.6) is 0 Å². The first-order valence-electron chi connectivity index (χ1n) is 6.60. The zero-order valence-corrected chi connectivity index (χ0v) is 13.0. The molecule has 0 bridgehead atoms. The summed E-state index contributed by atoms with van der Waals surface area (Å²) in [6.45, 7) is 3.18. The molecule has 0 radical (unpaired) electrons. The molecule has 0 saturated carbocycles. The fourth-order valence-corrected chi connectivity index (χ4v) is 2.10. The smallest absolute Gasteiger partial charge is 0.339 e. The second kappa shape index (κ2) is 7.88. The van der Waals surface area contributed by atoms with Crippen LogP contribution in [0.4, 0.5) is 0 Å². The van der Waals surface area contributed by atoms with E-state index < -0.39 is 54.6 Å². The minimum absolute atomic E-state index is 0.798. The predicted molar refractivity (Wildman–Crippen MR) is 69.6 cm³/mol. The highest BCUT2D eigenvalue weighted by molar-refractivity contribution is 5.77. The number of rotatable bonds is 4. The van der Waals surface area contributed by atoms with E-state index in [1.54, 1.807) is 0 Å². The summed E-state index contributed by atoms with van der Waals surface area (Å²) < 4.78 is 24.3. The summed E-state index contributed by atoms with van der Waals surface area (Å²) >= 11 is 0. The van der Waals surface area contributed by atoms with Gasteiger partial charge in [-0.15, -0.1) is 0 Å². The van der Waals surface area contributed by atoms with Crippen LogP contribution in [0.1, 0.15) is 20.8 Å². The lowest BCUT2D eigenvalue weighted by Crippen LogP contribution is -2.63. The lowest BCUT2D eigenvalue weighted by Gasteiger charge is -2.41. The van der Waals surface area contributed by atoms with Gasteiger partial charge in [0.1, 0.15) is 0 Å². The summed E-state index contributed by atoms with van der Waals surface area (Å²) in [6, 6.07) is 0. The predicted octanol–water partition coefficient (Wildman–Crippen LogP) is -1.33. The maximum Gasteiger partial charge on any atom is 0.339 e. The van der Waals surface area contributed by atoms with Crippen molar-refractivity contribution < 1.29 is 48.0 Å². The summed E-state index contributed by atoms with van der Waals surface area (Å²) in [5.41, 5.74) is 0. The van der Waals surface area contributed by atoms with Crippen LogP contribution in [0.3, 0.4) is 0 Å². The van der Waals surface area contributed by atoms with Crippen molar-refractivity contribution in [3.8, 4) is 0 Å². The van der Waals surface area contributed by atoms with E-state index >= 15 is 0 Å². The quantitative estimate of drug-likeness (QED) is 0.486. The molecule has 0 aliphatic carbocycles. The van der Waals surface area contributed by atoms with Crippen LogP contribution in [0.2, 0.25) is 0 Å². The maximum atomic E-state index is 11.8. The molecule has 1 saturated heterocycles. The number of esters is 4. The summed E-state index contributed by atoms with van der Waals surface area (Å²) in [5.74, 6) is -3.37. The minimum Gasteiger partial charge on any atom is -0.467 e. The van der Waals surface area contributed by atoms with Crippen molar-refractivity contribution >= 4 is 23.9 Å². The van der Waals surface area contributed by atoms with Crippen molar-refractivity contribution in [1.29, 1.82) is 0 Å². The van der Waals surface area contributed by atoms with Crippen LogP contribution < -0.4 is 0 Å². The van der Waals surface area contributed by atoms with Crippen molar-refractivity contribution in [3.05, 3.63) is 0 Å². The first-order chi connectivity index (χ1) is 10.7. The summed E-state index contributed by atoms with van der Waals surface area (Å²) in [6.07, 6.45) is -7.75. The van der Waals surface area contributed by atoms with Gasteiger partial charge in [0, 0.05) is 20.8 Å². The number of aliphatic hydroxyl groups is 1. The van der Waals surface area contributed by atoms with Gasteiger partial charge in [-0.25, -0.2) is 4.79 Å². The van der Waals surface area contributed by atoms with Gasteiger partial charge >= 0.3 is 23.9 Å². The molecule has 0 spiro atoms. The number of methoxy groups -OCH3 is 1. The van der Waals surface area contributed by atoms with Crippen LogP contribution in [0.25, 0.3) is 0 Å². The van der Waals surface area contributed by atoms with Gasteiger partial charge in [-0.1, -0.05) is 0 Å². The van der Waals surface area contributed by atoms with E-state index in [0.717, 1.165) is 27.9 Å². The fourth-order valence-electron chi connectivity index (χ4n) is 2.10. The van der Waals surface area contributed by atoms with E-state index in [0.29, 0.717) is 0 Å². The number of hydrogen-bond acceptors (Lipinski definition) is 10. The standard InChI is InChI=1S/C13H18O10/c1-5(14)20-8-9(21-6(2)15)11(22-7(3)16)13(18)23-10(8)12(17)19-4/h8-11,13,18H,1-4H3/t8-,9-,10?,11+,13?/m0/s1. The van der Waals surface area contributed by atoms with E-state index in [2.05, 4.69) is 4.74 Å². The zero-order valence-electron chi connectivity index (χ0n) is 13.0. The van der Waals surface area contributed by atoms with Gasteiger partial charge in [0.25, 0.3) is 0 Å². The lowest BCUT2D eigenvalue weighted by molar-refractivity contribution is -0.289. The van der Waals surface area contributed by atoms with Crippen molar-refractivity contribution in [2.45, 2.75) is 51.5 Å². The van der Waals surface area contributed by atoms with E-state index in [-0.39, 0.29) is 0 Å². The number of carbonyl (C=O) groups excluding carboxylic acids is 4. The second-order valence-corrected chi connectivity index (χ2v) is 4.69. The molecule has 1 rings (SSSR count). The van der Waals surface area contributed by atoms with Crippen LogP contribution in [-0.4, -0.2) is 66.8 Å². The maximum absolute atomic E-state index is 11.8. The van der Waals surface area contributed by atoms with Crippen LogP contribution in [0.15, 0.2) is 0 Å². The zero-order chi connectivity index (χ0) is 17.7. The Morgan fingerprint density at radius 2 is 1.26 bits per heavy atom. The molecule has 1 aliphatic rings. The molecule has 23 heavy (non-hydrogen) atoms. The summed E-state index contributed by atoms with van der Waals surface area (Å²) in [4.78, 5) is 45.5. The molecular weight excluding hydrogens is 316 g/mol. The number of ether oxygens (including phenoxy) is 5. The summed E-state index contributed by atoms with van der Waals surface area (Å²) in [5, 5.41) is 9.93. The van der Waals surface area contributed by atoms with Crippen molar-refractivity contribution in [2.75, 3.05) is 7.11 Å². The Hall–Kier alpha value is -2.20. The van der Waals surface area contributed by atoms with Gasteiger partial charge in [-0.05, 0) is 0 Å². The first-order valence-corrected chi connectivity index (χ1v) is 6.60. The molecule has 0 aromatic heterocycles. The average molecular weight is 334 g/mol. The minimum atomic E-state index is -1.79. The van der Waals surface area contributed by atoms with E-state index in [9.17, 15) is 24.3 Å². The van der Waals surface area contributed by atoms with Gasteiger partial charge in [-0.3, -0.25) is 14.4 Å². The molecule has 1 aliphatic heterocycles. The van der Waals surface area contributed by atoms with E-state index in [4.69, 9.17) is 18.9 Å². The lowest BCUT2D eigenvalue weighted by atomic mass is 9.98. The topological polar surface area (TPSA) is 135 Å². The Labute approximate surface area is 131 Å². The van der Waals surface area contributed by atoms with Crippen molar-refractivity contribution in [1.82, 2.24) is 0 Å². The van der Waals surface area contributed by atoms with Gasteiger partial charge in [0.15, 0.2) is 30.7 Å². The first kappa shape index (κ1) is 18.8. The molecule has 0 aromatic carbocycles. The van der Waals surface area contributed by atoms with Gasteiger partial charge in [-0.2, -0.15) is 0 Å². The average Bonchev–Trinajstić information content (AvgIpc) is 2.43. The molecule has 10 heteroatoms. The van der Waals surface area contributed by atoms with E-state index in [1.165, 1.54) is 0 Å². The van der Waals surface area contributed by atoms with Crippen molar-refractivity contribution in [3.63, 3.8) is 0 Å².